The Morgan fingerprint density at radius 2 is 1.78 bits per heavy atom. The van der Waals surface area contributed by atoms with Gasteiger partial charge in [-0.15, -0.1) is 0 Å². The molecule has 3 aromatic rings. The highest BCUT2D eigenvalue weighted by molar-refractivity contribution is 5.91. The third kappa shape index (κ3) is 4.76. The molecule has 1 heterocycles. The van der Waals surface area contributed by atoms with Crippen LogP contribution < -0.4 is 10.1 Å². The van der Waals surface area contributed by atoms with E-state index < -0.39 is 5.97 Å². The molecule has 0 radical (unpaired) electrons. The van der Waals surface area contributed by atoms with E-state index in [1.807, 2.05) is 59.4 Å². The second-order valence-corrected chi connectivity index (χ2v) is 5.81. The first-order valence-electron chi connectivity index (χ1n) is 8.46. The minimum Gasteiger partial charge on any atom is -0.496 e. The van der Waals surface area contributed by atoms with Gasteiger partial charge in [-0.3, -0.25) is 4.79 Å². The summed E-state index contributed by atoms with van der Waals surface area (Å²) in [6.45, 7) is -0.0504. The number of rotatable bonds is 7. The summed E-state index contributed by atoms with van der Waals surface area (Å²) < 4.78 is 12.2. The number of nitrogens with one attached hydrogen (secondary N) is 1. The van der Waals surface area contributed by atoms with Crippen molar-refractivity contribution in [1.29, 1.82) is 0 Å². The maximum Gasteiger partial charge on any atom is 0.338 e. The molecule has 1 N–H and O–H groups in total. The highest BCUT2D eigenvalue weighted by Crippen LogP contribution is 2.16. The molecule has 0 saturated heterocycles. The molecule has 0 atom stereocenters. The Morgan fingerprint density at radius 3 is 2.56 bits per heavy atom. The van der Waals surface area contributed by atoms with Crippen LogP contribution in [0.5, 0.6) is 5.75 Å². The number of carbonyl (C=O) groups excluding carboxylic acids is 2. The fraction of sp³-hybridized carbons (Fsp3) is 0.143. The molecular formula is C21H20N2O4. The normalized spacial score (nSPS) is 10.3. The van der Waals surface area contributed by atoms with Crippen molar-refractivity contribution >= 4 is 11.9 Å². The van der Waals surface area contributed by atoms with E-state index in [1.54, 1.807) is 25.3 Å². The first-order valence-corrected chi connectivity index (χ1v) is 8.46. The largest absolute Gasteiger partial charge is 0.496 e. The van der Waals surface area contributed by atoms with E-state index in [1.165, 1.54) is 0 Å². The molecule has 0 aliphatic carbocycles. The lowest BCUT2D eigenvalue weighted by molar-refractivity contribution is -0.124. The summed E-state index contributed by atoms with van der Waals surface area (Å²) >= 11 is 0. The van der Waals surface area contributed by atoms with Gasteiger partial charge < -0.3 is 19.4 Å². The summed E-state index contributed by atoms with van der Waals surface area (Å²) in [7, 11) is 1.57. The topological polar surface area (TPSA) is 69.6 Å². The van der Waals surface area contributed by atoms with Crippen molar-refractivity contribution in [1.82, 2.24) is 9.88 Å². The molecule has 1 amide bonds. The fourth-order valence-electron chi connectivity index (χ4n) is 2.61. The number of amides is 1. The van der Waals surface area contributed by atoms with Gasteiger partial charge in [-0.2, -0.15) is 0 Å². The molecule has 0 spiro atoms. The Hall–Kier alpha value is -3.54. The molecule has 0 aliphatic heterocycles. The van der Waals surface area contributed by atoms with Gasteiger partial charge in [0.2, 0.25) is 0 Å². The molecule has 0 unspecified atom stereocenters. The molecule has 6 heteroatoms. The quantitative estimate of drug-likeness (QED) is 0.655. The van der Waals surface area contributed by atoms with Crippen molar-refractivity contribution in [3.05, 3.63) is 84.2 Å². The van der Waals surface area contributed by atoms with Crippen LogP contribution in [0.3, 0.4) is 0 Å². The first-order chi connectivity index (χ1) is 13.2. The lowest BCUT2D eigenvalue weighted by atomic mass is 10.2. The number of esters is 1. The maximum atomic E-state index is 12.2. The third-order valence-corrected chi connectivity index (χ3v) is 3.99. The second-order valence-electron chi connectivity index (χ2n) is 5.81. The van der Waals surface area contributed by atoms with Gasteiger partial charge in [-0.25, -0.2) is 4.79 Å². The highest BCUT2D eigenvalue weighted by Gasteiger charge is 2.11. The summed E-state index contributed by atoms with van der Waals surface area (Å²) in [4.78, 5) is 24.2. The predicted octanol–water partition coefficient (Wildman–Crippen LogP) is 2.96. The van der Waals surface area contributed by atoms with Crippen LogP contribution in [0.15, 0.2) is 73.1 Å². The molecular weight excluding hydrogens is 344 g/mol. The lowest BCUT2D eigenvalue weighted by Crippen LogP contribution is -2.28. The average Bonchev–Trinajstić information content (AvgIpc) is 3.25. The number of para-hydroxylation sites is 1. The monoisotopic (exact) mass is 364 g/mol. The van der Waals surface area contributed by atoms with Gasteiger partial charge in [0, 0.05) is 30.2 Å². The van der Waals surface area contributed by atoms with Crippen LogP contribution in [0.1, 0.15) is 15.9 Å². The molecule has 0 bridgehead atoms. The zero-order valence-corrected chi connectivity index (χ0v) is 14.9. The van der Waals surface area contributed by atoms with Gasteiger partial charge in [0.15, 0.2) is 6.61 Å². The van der Waals surface area contributed by atoms with Gasteiger partial charge >= 0.3 is 5.97 Å². The Morgan fingerprint density at radius 1 is 1.00 bits per heavy atom. The number of ether oxygens (including phenoxy) is 2. The Labute approximate surface area is 157 Å². The first kappa shape index (κ1) is 18.3. The number of carbonyl (C=O) groups is 2. The predicted molar refractivity (Wildman–Crippen MR) is 101 cm³/mol. The zero-order valence-electron chi connectivity index (χ0n) is 14.9. The standard InChI is InChI=1S/C21H20N2O4/c1-26-19-10-3-2-7-17(19)14-22-20(24)15-27-21(25)16-8-6-9-18(13-16)23-11-4-5-12-23/h2-13H,14-15H2,1H3,(H,22,24). The fourth-order valence-corrected chi connectivity index (χ4v) is 2.61. The summed E-state index contributed by atoms with van der Waals surface area (Å²) in [5.74, 6) is -0.233. The Balaban J connectivity index is 1.53. The van der Waals surface area contributed by atoms with Crippen LogP contribution in [0, 0.1) is 0 Å². The zero-order chi connectivity index (χ0) is 19.1. The van der Waals surface area contributed by atoms with Crippen molar-refractivity contribution in [3.63, 3.8) is 0 Å². The lowest BCUT2D eigenvalue weighted by Gasteiger charge is -2.10. The van der Waals surface area contributed by atoms with Crippen LogP contribution >= 0.6 is 0 Å². The van der Waals surface area contributed by atoms with Crippen LogP contribution in [-0.4, -0.2) is 30.2 Å². The molecule has 1 aromatic heterocycles. The van der Waals surface area contributed by atoms with Crippen molar-refractivity contribution in [2.24, 2.45) is 0 Å². The summed E-state index contributed by atoms with van der Waals surface area (Å²) in [6, 6.07) is 18.2. The second kappa shape index (κ2) is 8.71. The Kier molecular flexibility index (Phi) is 5.89. The van der Waals surface area contributed by atoms with E-state index in [9.17, 15) is 9.59 Å². The van der Waals surface area contributed by atoms with Crippen LogP contribution in [0.25, 0.3) is 5.69 Å². The van der Waals surface area contributed by atoms with E-state index in [0.717, 1.165) is 11.3 Å². The van der Waals surface area contributed by atoms with E-state index in [2.05, 4.69) is 5.32 Å². The van der Waals surface area contributed by atoms with Crippen molar-refractivity contribution in [2.75, 3.05) is 13.7 Å². The molecule has 0 aliphatic rings. The summed E-state index contributed by atoms with van der Waals surface area (Å²) in [6.07, 6.45) is 3.77. The van der Waals surface area contributed by atoms with Gasteiger partial charge in [0.05, 0.1) is 12.7 Å². The number of nitrogens with zero attached hydrogens (tertiary/aromatic N) is 1. The number of benzene rings is 2. The van der Waals surface area contributed by atoms with Gasteiger partial charge in [-0.1, -0.05) is 24.3 Å². The minimum absolute atomic E-state index is 0.295. The summed E-state index contributed by atoms with van der Waals surface area (Å²) in [5.41, 5.74) is 2.08. The average molecular weight is 364 g/mol. The van der Waals surface area contributed by atoms with Gasteiger partial charge in [-0.05, 0) is 36.4 Å². The highest BCUT2D eigenvalue weighted by atomic mass is 16.5. The summed E-state index contributed by atoms with van der Waals surface area (Å²) in [5, 5.41) is 2.71. The van der Waals surface area contributed by atoms with Gasteiger partial charge in [0.25, 0.3) is 5.91 Å². The maximum absolute atomic E-state index is 12.2. The van der Waals surface area contributed by atoms with Crippen LogP contribution in [-0.2, 0) is 16.1 Å². The number of aromatic nitrogens is 1. The molecule has 2 aromatic carbocycles. The minimum atomic E-state index is -0.545. The Bertz CT molecular complexity index is 919. The molecule has 6 nitrogen and oxygen atoms in total. The number of hydrogen-bond acceptors (Lipinski definition) is 4. The third-order valence-electron chi connectivity index (χ3n) is 3.99. The van der Waals surface area contributed by atoms with Gasteiger partial charge in [0.1, 0.15) is 5.75 Å². The van der Waals surface area contributed by atoms with E-state index >= 15 is 0 Å². The number of methoxy groups -OCH3 is 1. The van der Waals surface area contributed by atoms with Crippen molar-refractivity contribution in [3.8, 4) is 11.4 Å². The van der Waals surface area contributed by atoms with E-state index in [-0.39, 0.29) is 12.5 Å². The van der Waals surface area contributed by atoms with E-state index in [0.29, 0.717) is 17.9 Å². The van der Waals surface area contributed by atoms with Crippen LogP contribution in [0.4, 0.5) is 0 Å². The molecule has 0 saturated carbocycles. The SMILES string of the molecule is COc1ccccc1CNC(=O)COC(=O)c1cccc(-n2cccc2)c1. The van der Waals surface area contributed by atoms with Crippen molar-refractivity contribution in [2.45, 2.75) is 6.54 Å². The molecule has 3 rings (SSSR count). The number of hydrogen-bond donors (Lipinski definition) is 1. The van der Waals surface area contributed by atoms with Crippen LogP contribution in [0.2, 0.25) is 0 Å². The van der Waals surface area contributed by atoms with Crippen molar-refractivity contribution < 1.29 is 19.1 Å². The molecule has 27 heavy (non-hydrogen) atoms. The van der Waals surface area contributed by atoms with E-state index in [4.69, 9.17) is 9.47 Å². The smallest absolute Gasteiger partial charge is 0.338 e. The molecule has 0 fully saturated rings. The molecule has 138 valence electrons.